The van der Waals surface area contributed by atoms with Crippen molar-refractivity contribution in [3.05, 3.63) is 24.7 Å². The Bertz CT molecular complexity index is 1180. The van der Waals surface area contributed by atoms with Gasteiger partial charge in [-0.2, -0.15) is 14.7 Å². The molecule has 1 atom stereocenters. The van der Waals surface area contributed by atoms with Gasteiger partial charge in [-0.05, 0) is 18.5 Å². The summed E-state index contributed by atoms with van der Waals surface area (Å²) in [7, 11) is -0.469. The number of nitrogens with two attached hydrogens (primary N) is 1. The predicted molar refractivity (Wildman–Crippen MR) is 160 cm³/mol. The molecule has 0 radical (unpaired) electrons. The van der Waals surface area contributed by atoms with Crippen molar-refractivity contribution in [2.45, 2.75) is 63.8 Å². The fourth-order valence-electron chi connectivity index (χ4n) is 4.36. The molecule has 38 heavy (non-hydrogen) atoms. The fraction of sp³-hybridized carbons (Fsp3) is 0.654. The van der Waals surface area contributed by atoms with Crippen molar-refractivity contribution in [2.24, 2.45) is 12.8 Å². The average Bonchev–Trinajstić information content (AvgIpc) is 3.55. The van der Waals surface area contributed by atoms with E-state index in [4.69, 9.17) is 25.3 Å². The highest BCUT2D eigenvalue weighted by Crippen LogP contribution is 2.30. The van der Waals surface area contributed by atoms with Crippen molar-refractivity contribution >= 4 is 33.4 Å². The minimum Gasteiger partial charge on any atom is -0.361 e. The van der Waals surface area contributed by atoms with Gasteiger partial charge in [-0.25, -0.2) is 4.98 Å². The molecule has 0 saturated carbocycles. The van der Waals surface area contributed by atoms with E-state index in [9.17, 15) is 0 Å². The zero-order valence-electron chi connectivity index (χ0n) is 24.3. The van der Waals surface area contributed by atoms with Crippen LogP contribution >= 0.6 is 0 Å². The second-order valence-corrected chi connectivity index (χ2v) is 24.1. The summed E-state index contributed by atoms with van der Waals surface area (Å²) in [6.07, 6.45) is 6.68. The molecule has 1 aliphatic heterocycles. The highest BCUT2D eigenvalue weighted by atomic mass is 28.3. The van der Waals surface area contributed by atoms with Crippen LogP contribution in [0.25, 0.3) is 16.8 Å². The second kappa shape index (κ2) is 11.9. The molecule has 1 fully saturated rings. The average molecular weight is 559 g/mol. The highest BCUT2D eigenvalue weighted by Gasteiger charge is 2.25. The largest absolute Gasteiger partial charge is 0.361 e. The third-order valence-corrected chi connectivity index (χ3v) is 10.2. The maximum absolute atomic E-state index is 6.27. The van der Waals surface area contributed by atoms with E-state index in [1.807, 2.05) is 30.2 Å². The van der Waals surface area contributed by atoms with Gasteiger partial charge in [-0.1, -0.05) is 39.3 Å². The molecule has 3 aromatic heterocycles. The lowest BCUT2D eigenvalue weighted by atomic mass is 10.2. The van der Waals surface area contributed by atoms with E-state index in [-0.39, 0.29) is 6.04 Å². The summed E-state index contributed by atoms with van der Waals surface area (Å²) in [6.45, 7) is 18.2. The van der Waals surface area contributed by atoms with Crippen molar-refractivity contribution in [3.8, 4) is 11.1 Å². The summed E-state index contributed by atoms with van der Waals surface area (Å²) in [5.41, 5.74) is 8.99. The normalized spacial score (nSPS) is 16.6. The van der Waals surface area contributed by atoms with Crippen LogP contribution in [0.2, 0.25) is 51.4 Å². The predicted octanol–water partition coefficient (Wildman–Crippen LogP) is 4.10. The maximum atomic E-state index is 6.27. The van der Waals surface area contributed by atoms with Gasteiger partial charge in [0.25, 0.3) is 0 Å². The number of aromatic nitrogens is 5. The van der Waals surface area contributed by atoms with Gasteiger partial charge in [0.1, 0.15) is 25.1 Å². The number of fused-ring (bicyclic) bond motifs is 1. The van der Waals surface area contributed by atoms with Crippen molar-refractivity contribution in [2.75, 3.05) is 49.6 Å². The first-order valence-electron chi connectivity index (χ1n) is 13.7. The van der Waals surface area contributed by atoms with Crippen molar-refractivity contribution in [3.63, 3.8) is 0 Å². The molecule has 12 heteroatoms. The van der Waals surface area contributed by atoms with Gasteiger partial charge in [0, 0.05) is 78.9 Å². The first-order valence-corrected chi connectivity index (χ1v) is 21.1. The van der Waals surface area contributed by atoms with Crippen molar-refractivity contribution in [1.82, 2.24) is 24.4 Å². The third kappa shape index (κ3) is 7.66. The molecule has 210 valence electrons. The number of anilines is 2. The van der Waals surface area contributed by atoms with Crippen LogP contribution < -0.4 is 15.5 Å². The molecule has 4 rings (SSSR count). The van der Waals surface area contributed by atoms with Crippen LogP contribution in [-0.4, -0.2) is 86.3 Å². The zero-order chi connectivity index (χ0) is 27.5. The number of rotatable bonds is 13. The van der Waals surface area contributed by atoms with Gasteiger partial charge in [-0.3, -0.25) is 4.68 Å². The van der Waals surface area contributed by atoms with Crippen LogP contribution in [0.1, 0.15) is 6.42 Å². The summed E-state index contributed by atoms with van der Waals surface area (Å²) in [4.78, 5) is 9.48. The van der Waals surface area contributed by atoms with Gasteiger partial charge >= 0.3 is 0 Å². The SMILES string of the molecule is Cn1cc(-c2cnn3c(N(COCC[Si](C)(C)C)COCC[Si](C)(C)C)cc(N4CC[C@H](N)C4)nc23)cn1. The van der Waals surface area contributed by atoms with Crippen molar-refractivity contribution in [1.29, 1.82) is 0 Å². The van der Waals surface area contributed by atoms with Crippen LogP contribution in [0.15, 0.2) is 24.7 Å². The molecule has 3 aromatic rings. The zero-order valence-corrected chi connectivity index (χ0v) is 26.3. The maximum Gasteiger partial charge on any atom is 0.167 e. The second-order valence-electron chi connectivity index (χ2n) is 12.9. The monoisotopic (exact) mass is 558 g/mol. The summed E-state index contributed by atoms with van der Waals surface area (Å²) >= 11 is 0. The quantitative estimate of drug-likeness (QED) is 0.190. The van der Waals surface area contributed by atoms with E-state index in [2.05, 4.69) is 60.2 Å². The minimum absolute atomic E-state index is 0.157. The van der Waals surface area contributed by atoms with Gasteiger partial charge in [0.2, 0.25) is 0 Å². The molecule has 0 spiro atoms. The number of nitrogens with zero attached hydrogens (tertiary/aromatic N) is 7. The van der Waals surface area contributed by atoms with E-state index in [0.29, 0.717) is 13.5 Å². The molecule has 0 amide bonds. The standard InChI is InChI=1S/C26H46N8O2Si2/c1-31-17-21(15-28-31)23-16-29-34-25(14-24(30-26(23)34)32-9-8-22(27)18-32)33(19-35-10-12-37(2,3)4)20-36-11-13-38(5,6)7/h14-17,22H,8-13,18-20,27H2,1-7H3/t22-/m0/s1. The van der Waals surface area contributed by atoms with Gasteiger partial charge in [-0.15, -0.1) is 0 Å². The highest BCUT2D eigenvalue weighted by molar-refractivity contribution is 6.76. The van der Waals surface area contributed by atoms with E-state index in [0.717, 1.165) is 73.2 Å². The van der Waals surface area contributed by atoms with Gasteiger partial charge in [0.15, 0.2) is 5.65 Å². The van der Waals surface area contributed by atoms with Gasteiger partial charge in [0.05, 0.1) is 12.4 Å². The van der Waals surface area contributed by atoms with Gasteiger partial charge < -0.3 is 25.0 Å². The van der Waals surface area contributed by atoms with E-state index >= 15 is 0 Å². The summed E-state index contributed by atoms with van der Waals surface area (Å²) < 4.78 is 16.2. The smallest absolute Gasteiger partial charge is 0.167 e. The lowest BCUT2D eigenvalue weighted by Gasteiger charge is -2.27. The van der Waals surface area contributed by atoms with Crippen LogP contribution in [0, 0.1) is 0 Å². The lowest BCUT2D eigenvalue weighted by Crippen LogP contribution is -2.34. The topological polar surface area (TPSA) is 99.0 Å². The first-order chi connectivity index (χ1) is 17.9. The van der Waals surface area contributed by atoms with Crippen LogP contribution in [0.5, 0.6) is 0 Å². The molecule has 10 nitrogen and oxygen atoms in total. The molecular weight excluding hydrogens is 513 g/mol. The van der Waals surface area contributed by atoms with Crippen LogP contribution in [0.3, 0.4) is 0 Å². The number of ether oxygens (including phenoxy) is 2. The molecule has 0 bridgehead atoms. The molecule has 0 aromatic carbocycles. The number of aryl methyl sites for hydroxylation is 1. The van der Waals surface area contributed by atoms with E-state index in [1.54, 1.807) is 4.68 Å². The molecular formula is C26H46N8O2Si2. The third-order valence-electron chi connectivity index (χ3n) is 6.82. The Morgan fingerprint density at radius 2 is 1.66 bits per heavy atom. The fourth-order valence-corrected chi connectivity index (χ4v) is 5.87. The minimum atomic E-state index is -1.19. The molecule has 1 saturated heterocycles. The Morgan fingerprint density at radius 3 is 2.18 bits per heavy atom. The molecule has 4 heterocycles. The van der Waals surface area contributed by atoms with Crippen LogP contribution in [-0.2, 0) is 16.5 Å². The summed E-state index contributed by atoms with van der Waals surface area (Å²) in [5.74, 6) is 1.81. The number of hydrogen-bond acceptors (Lipinski definition) is 8. The Morgan fingerprint density at radius 1 is 1.00 bits per heavy atom. The van der Waals surface area contributed by atoms with E-state index < -0.39 is 16.1 Å². The Kier molecular flexibility index (Phi) is 8.97. The Balaban J connectivity index is 1.68. The molecule has 0 unspecified atom stereocenters. The lowest BCUT2D eigenvalue weighted by molar-refractivity contribution is 0.0942. The Hall–Kier alpha value is -2.26. The first kappa shape index (κ1) is 28.7. The Labute approximate surface area is 229 Å². The van der Waals surface area contributed by atoms with Crippen LogP contribution in [0.4, 0.5) is 11.6 Å². The summed E-state index contributed by atoms with van der Waals surface area (Å²) in [6, 6.07) is 4.50. The molecule has 2 N–H and O–H groups in total. The number of hydrogen-bond donors (Lipinski definition) is 1. The van der Waals surface area contributed by atoms with E-state index in [1.165, 1.54) is 0 Å². The van der Waals surface area contributed by atoms with Crippen molar-refractivity contribution < 1.29 is 9.47 Å². The molecule has 0 aliphatic carbocycles. The molecule has 1 aliphatic rings. The summed E-state index contributed by atoms with van der Waals surface area (Å²) in [5, 5.41) is 9.14.